The molecule has 1 saturated heterocycles. The third-order valence-electron chi connectivity index (χ3n) is 7.37. The molecule has 1 aliphatic carbocycles. The molecular formula is C23H34FN7O2. The number of nitrogens with two attached hydrogens (primary N) is 2. The van der Waals surface area contributed by atoms with E-state index in [1.165, 1.54) is 12.3 Å². The van der Waals surface area contributed by atoms with Gasteiger partial charge >= 0.3 is 0 Å². The van der Waals surface area contributed by atoms with Gasteiger partial charge in [0.15, 0.2) is 5.82 Å². The summed E-state index contributed by atoms with van der Waals surface area (Å²) in [7, 11) is 0. The zero-order valence-corrected chi connectivity index (χ0v) is 19.3. The molecule has 0 spiro atoms. The Hall–Kier alpha value is -2.56. The summed E-state index contributed by atoms with van der Waals surface area (Å²) < 4.78 is 15.2. The van der Waals surface area contributed by atoms with Crippen LogP contribution in [-0.4, -0.2) is 62.5 Å². The molecule has 2 aromatic heterocycles. The maximum atomic E-state index is 13.5. The summed E-state index contributed by atoms with van der Waals surface area (Å²) in [6.07, 6.45) is 6.70. The summed E-state index contributed by atoms with van der Waals surface area (Å²) in [5.41, 5.74) is 11.5. The lowest BCUT2D eigenvalue weighted by Crippen LogP contribution is -2.52. The highest BCUT2D eigenvalue weighted by molar-refractivity contribution is 5.98. The number of primary amides is 1. The van der Waals surface area contributed by atoms with E-state index in [1.54, 1.807) is 16.9 Å². The van der Waals surface area contributed by atoms with Gasteiger partial charge in [-0.25, -0.2) is 4.98 Å². The van der Waals surface area contributed by atoms with Gasteiger partial charge in [-0.05, 0) is 57.4 Å². The Morgan fingerprint density at radius 3 is 2.64 bits per heavy atom. The van der Waals surface area contributed by atoms with Crippen molar-refractivity contribution < 1.29 is 14.3 Å². The summed E-state index contributed by atoms with van der Waals surface area (Å²) in [4.78, 5) is 18.1. The number of pyridine rings is 1. The third-order valence-corrected chi connectivity index (χ3v) is 7.37. The van der Waals surface area contributed by atoms with E-state index in [-0.39, 0.29) is 11.4 Å². The topological polar surface area (TPSA) is 135 Å². The lowest BCUT2D eigenvalue weighted by molar-refractivity contribution is -0.0523. The number of aromatic nitrogens is 3. The molecule has 1 amide bonds. The second kappa shape index (κ2) is 9.00. The standard InChI is InChI=1S/C23H34FN7O2/c1-22(2,33)16-9-15(10-16)12-30-7-4-23(14-25,5-8-30)31-13-18(20(26)32)21(29-31)28-17-3-6-27-19(24)11-17/h3,6,11,13,15-16,33H,4-5,7-10,12,14,25H2,1-2H3,(H2,26,32)(H,27,28,29). The fourth-order valence-corrected chi connectivity index (χ4v) is 5.01. The highest BCUT2D eigenvalue weighted by atomic mass is 19.1. The van der Waals surface area contributed by atoms with Gasteiger partial charge in [-0.15, -0.1) is 0 Å². The first-order valence-corrected chi connectivity index (χ1v) is 11.5. The Bertz CT molecular complexity index is 989. The number of carbonyl (C=O) groups is 1. The Kier molecular flexibility index (Phi) is 6.43. The molecule has 1 aliphatic heterocycles. The van der Waals surface area contributed by atoms with E-state index in [0.717, 1.165) is 45.3 Å². The number of likely N-dealkylation sites (tertiary alicyclic amines) is 1. The molecule has 1 saturated carbocycles. The molecule has 3 heterocycles. The number of aliphatic hydroxyl groups is 1. The van der Waals surface area contributed by atoms with Crippen LogP contribution < -0.4 is 16.8 Å². The molecule has 180 valence electrons. The van der Waals surface area contributed by atoms with Crippen LogP contribution in [0.2, 0.25) is 0 Å². The minimum atomic E-state index is -0.633. The maximum absolute atomic E-state index is 13.5. The third kappa shape index (κ3) is 5.02. The molecule has 10 heteroatoms. The predicted molar refractivity (Wildman–Crippen MR) is 123 cm³/mol. The van der Waals surface area contributed by atoms with Crippen LogP contribution in [0.3, 0.4) is 0 Å². The van der Waals surface area contributed by atoms with Crippen molar-refractivity contribution in [1.29, 1.82) is 0 Å². The van der Waals surface area contributed by atoms with Crippen LogP contribution in [-0.2, 0) is 5.54 Å². The first kappa shape index (κ1) is 23.6. The Labute approximate surface area is 193 Å². The van der Waals surface area contributed by atoms with Crippen LogP contribution in [0.1, 0.15) is 49.9 Å². The lowest BCUT2D eigenvalue weighted by Gasteiger charge is -2.47. The molecule has 0 atom stereocenters. The van der Waals surface area contributed by atoms with Crippen molar-refractivity contribution in [1.82, 2.24) is 19.7 Å². The van der Waals surface area contributed by atoms with Gasteiger partial charge in [0.25, 0.3) is 5.91 Å². The number of halogens is 1. The van der Waals surface area contributed by atoms with Crippen molar-refractivity contribution >= 4 is 17.4 Å². The van der Waals surface area contributed by atoms with E-state index in [2.05, 4.69) is 20.3 Å². The van der Waals surface area contributed by atoms with Crippen LogP contribution >= 0.6 is 0 Å². The molecule has 6 N–H and O–H groups in total. The fraction of sp³-hybridized carbons (Fsp3) is 0.609. The number of anilines is 2. The molecule has 4 rings (SSSR count). The number of carbonyl (C=O) groups excluding carboxylic acids is 1. The molecule has 2 fully saturated rings. The van der Waals surface area contributed by atoms with Gasteiger partial charge in [0, 0.05) is 50.3 Å². The maximum Gasteiger partial charge on any atom is 0.254 e. The van der Waals surface area contributed by atoms with Gasteiger partial charge in [0.1, 0.15) is 5.56 Å². The summed E-state index contributed by atoms with van der Waals surface area (Å²) in [5.74, 6) is 0.0250. The molecule has 2 aliphatic rings. The number of hydrogen-bond donors (Lipinski definition) is 4. The molecule has 2 aromatic rings. The van der Waals surface area contributed by atoms with Crippen molar-refractivity contribution in [2.75, 3.05) is 31.5 Å². The van der Waals surface area contributed by atoms with Gasteiger partial charge in [0.2, 0.25) is 5.95 Å². The number of hydrogen-bond acceptors (Lipinski definition) is 7. The Morgan fingerprint density at radius 1 is 1.36 bits per heavy atom. The number of rotatable bonds is 8. The molecule has 0 radical (unpaired) electrons. The average Bonchev–Trinajstić information content (AvgIpc) is 3.14. The summed E-state index contributed by atoms with van der Waals surface area (Å²) >= 11 is 0. The van der Waals surface area contributed by atoms with Crippen molar-refractivity contribution in [3.8, 4) is 0 Å². The molecule has 9 nitrogen and oxygen atoms in total. The number of nitrogens with zero attached hydrogens (tertiary/aromatic N) is 4. The normalized spacial score (nSPS) is 23.2. The van der Waals surface area contributed by atoms with Gasteiger partial charge in [0.05, 0.1) is 11.1 Å². The predicted octanol–water partition coefficient (Wildman–Crippen LogP) is 1.81. The molecular weight excluding hydrogens is 425 g/mol. The van der Waals surface area contributed by atoms with E-state index in [9.17, 15) is 14.3 Å². The smallest absolute Gasteiger partial charge is 0.254 e. The van der Waals surface area contributed by atoms with Gasteiger partial charge < -0.3 is 26.8 Å². The first-order valence-electron chi connectivity index (χ1n) is 11.5. The monoisotopic (exact) mass is 459 g/mol. The van der Waals surface area contributed by atoms with E-state index in [1.807, 2.05) is 13.8 Å². The zero-order chi connectivity index (χ0) is 23.8. The summed E-state index contributed by atoms with van der Waals surface area (Å²) in [6.45, 7) is 6.95. The van der Waals surface area contributed by atoms with Crippen molar-refractivity contribution in [2.45, 2.75) is 50.7 Å². The molecule has 0 bridgehead atoms. The lowest BCUT2D eigenvalue weighted by atomic mass is 9.67. The van der Waals surface area contributed by atoms with Crippen molar-refractivity contribution in [3.63, 3.8) is 0 Å². The second-order valence-electron chi connectivity index (χ2n) is 10.1. The SMILES string of the molecule is CC(C)(O)C1CC(CN2CCC(CN)(n3cc(C(N)=O)c(Nc4ccnc(F)c4)n3)CC2)C1. The second-order valence-corrected chi connectivity index (χ2v) is 10.1. The average molecular weight is 460 g/mol. The quantitative estimate of drug-likeness (QED) is 0.442. The minimum Gasteiger partial charge on any atom is -0.390 e. The molecule has 33 heavy (non-hydrogen) atoms. The van der Waals surface area contributed by atoms with Crippen molar-refractivity contribution in [3.05, 3.63) is 36.0 Å². The summed E-state index contributed by atoms with van der Waals surface area (Å²) in [6, 6.07) is 2.82. The van der Waals surface area contributed by atoms with Crippen molar-refractivity contribution in [2.24, 2.45) is 23.3 Å². The largest absolute Gasteiger partial charge is 0.390 e. The van der Waals surface area contributed by atoms with E-state index >= 15 is 0 Å². The first-order chi connectivity index (χ1) is 15.6. The van der Waals surface area contributed by atoms with Crippen LogP contribution in [0.25, 0.3) is 0 Å². The van der Waals surface area contributed by atoms with E-state index < -0.39 is 23.0 Å². The van der Waals surface area contributed by atoms with E-state index in [0.29, 0.717) is 24.1 Å². The number of amides is 1. The van der Waals surface area contributed by atoms with Crippen LogP contribution in [0.15, 0.2) is 24.5 Å². The van der Waals surface area contributed by atoms with Gasteiger partial charge in [-0.2, -0.15) is 9.49 Å². The fourth-order valence-electron chi connectivity index (χ4n) is 5.01. The molecule has 0 unspecified atom stereocenters. The minimum absolute atomic E-state index is 0.231. The summed E-state index contributed by atoms with van der Waals surface area (Å²) in [5, 5.41) is 17.7. The Balaban J connectivity index is 1.44. The molecule has 0 aromatic carbocycles. The van der Waals surface area contributed by atoms with Gasteiger partial charge in [-0.3, -0.25) is 9.48 Å². The number of piperidine rings is 1. The Morgan fingerprint density at radius 2 is 2.06 bits per heavy atom. The van der Waals surface area contributed by atoms with Gasteiger partial charge in [-0.1, -0.05) is 0 Å². The van der Waals surface area contributed by atoms with E-state index in [4.69, 9.17) is 11.5 Å². The highest BCUT2D eigenvalue weighted by Crippen LogP contribution is 2.42. The zero-order valence-electron chi connectivity index (χ0n) is 19.3. The number of nitrogens with one attached hydrogen (secondary N) is 1. The van der Waals surface area contributed by atoms with Crippen LogP contribution in [0.4, 0.5) is 15.9 Å². The van der Waals surface area contributed by atoms with Crippen LogP contribution in [0, 0.1) is 17.8 Å². The van der Waals surface area contributed by atoms with Crippen LogP contribution in [0.5, 0.6) is 0 Å². The highest BCUT2D eigenvalue weighted by Gasteiger charge is 2.41.